The van der Waals surface area contributed by atoms with E-state index in [1.54, 1.807) is 54.6 Å². The van der Waals surface area contributed by atoms with Gasteiger partial charge in [0.05, 0.1) is 16.9 Å². The summed E-state index contributed by atoms with van der Waals surface area (Å²) in [6, 6.07) is 15.1. The number of fused-ring (bicyclic) bond motifs is 1. The van der Waals surface area contributed by atoms with Crippen LogP contribution in [-0.4, -0.2) is 15.7 Å². The zero-order chi connectivity index (χ0) is 24.7. The molecule has 0 N–H and O–H groups in total. The van der Waals surface area contributed by atoms with Gasteiger partial charge in [-0.15, -0.1) is 0 Å². The molecule has 0 saturated carbocycles. The van der Waals surface area contributed by atoms with Crippen LogP contribution in [0.4, 0.5) is 13.2 Å². The Morgan fingerprint density at radius 1 is 1.06 bits per heavy atom. The third-order valence-corrected chi connectivity index (χ3v) is 6.44. The normalized spacial score (nSPS) is 18.4. The molecule has 4 rings (SSSR count). The van der Waals surface area contributed by atoms with Crippen LogP contribution in [0.3, 0.4) is 0 Å². The van der Waals surface area contributed by atoms with Gasteiger partial charge in [0.2, 0.25) is 0 Å². The van der Waals surface area contributed by atoms with Crippen molar-refractivity contribution in [2.45, 2.75) is 51.8 Å². The molecule has 0 spiro atoms. The van der Waals surface area contributed by atoms with Crippen molar-refractivity contribution in [3.8, 4) is 5.69 Å². The van der Waals surface area contributed by atoms with E-state index >= 15 is 0 Å². The molecule has 1 heterocycles. The third kappa shape index (κ3) is 4.90. The Morgan fingerprint density at radius 2 is 1.76 bits per heavy atom. The monoisotopic (exact) mass is 536 g/mol. The standard InChI is InChI=1S/C25H24BrF3N2O3/c1-24(2,3)18-12-13-19(33-34-23(32)15-8-5-4-6-9-15)21-20(18)22(25(27,28)29)30-31(21)17-11-7-10-16(26)14-17/h4-11,14,18-19H,12-13H2,1-3H3. The molecule has 3 aromatic rings. The van der Waals surface area contributed by atoms with E-state index in [-0.39, 0.29) is 16.8 Å². The first kappa shape index (κ1) is 24.5. The Morgan fingerprint density at radius 3 is 2.38 bits per heavy atom. The van der Waals surface area contributed by atoms with Crippen LogP contribution < -0.4 is 0 Å². The van der Waals surface area contributed by atoms with Gasteiger partial charge >= 0.3 is 12.1 Å². The van der Waals surface area contributed by atoms with Gasteiger partial charge in [0, 0.05) is 10.0 Å². The van der Waals surface area contributed by atoms with E-state index in [0.717, 1.165) is 0 Å². The topological polar surface area (TPSA) is 53.4 Å². The van der Waals surface area contributed by atoms with Crippen LogP contribution in [0, 0.1) is 5.41 Å². The summed E-state index contributed by atoms with van der Waals surface area (Å²) < 4.78 is 44.5. The molecule has 180 valence electrons. The second-order valence-corrected chi connectivity index (χ2v) is 10.3. The lowest BCUT2D eigenvalue weighted by Gasteiger charge is -2.37. The first-order chi connectivity index (χ1) is 16.0. The molecule has 9 heteroatoms. The molecule has 0 bridgehead atoms. The van der Waals surface area contributed by atoms with Gasteiger partial charge in [-0.3, -0.25) is 4.89 Å². The minimum atomic E-state index is -4.66. The molecule has 1 aromatic heterocycles. The summed E-state index contributed by atoms with van der Waals surface area (Å²) in [7, 11) is 0. The molecule has 2 atom stereocenters. The number of benzene rings is 2. The molecule has 0 radical (unpaired) electrons. The van der Waals surface area contributed by atoms with E-state index in [1.807, 2.05) is 20.8 Å². The molecule has 1 aliphatic carbocycles. The SMILES string of the molecule is CC(C)(C)C1CCC(OOC(=O)c2ccccc2)c2c1c(C(F)(F)F)nn2-c1cccc(Br)c1. The van der Waals surface area contributed by atoms with Gasteiger partial charge in [0.1, 0.15) is 6.10 Å². The summed E-state index contributed by atoms with van der Waals surface area (Å²) in [5.41, 5.74) is -0.332. The van der Waals surface area contributed by atoms with Gasteiger partial charge in [-0.05, 0) is 54.5 Å². The number of carbonyl (C=O) groups is 1. The van der Waals surface area contributed by atoms with Gasteiger partial charge in [0.25, 0.3) is 0 Å². The maximum atomic E-state index is 14.2. The fourth-order valence-corrected chi connectivity index (χ4v) is 4.78. The molecule has 2 aromatic carbocycles. The zero-order valence-corrected chi connectivity index (χ0v) is 20.5. The molecule has 2 unspecified atom stereocenters. The lowest BCUT2D eigenvalue weighted by molar-refractivity contribution is -0.282. The van der Waals surface area contributed by atoms with Crippen LogP contribution in [-0.2, 0) is 16.0 Å². The van der Waals surface area contributed by atoms with E-state index in [1.165, 1.54) is 4.68 Å². The number of alkyl halides is 3. The Hall–Kier alpha value is -2.65. The van der Waals surface area contributed by atoms with Gasteiger partial charge in [-0.25, -0.2) is 9.48 Å². The van der Waals surface area contributed by atoms with Gasteiger partial charge < -0.3 is 0 Å². The van der Waals surface area contributed by atoms with E-state index in [0.29, 0.717) is 23.0 Å². The van der Waals surface area contributed by atoms with Crippen LogP contribution in [0.25, 0.3) is 5.69 Å². The molecule has 34 heavy (non-hydrogen) atoms. The summed E-state index contributed by atoms with van der Waals surface area (Å²) in [4.78, 5) is 23.0. The van der Waals surface area contributed by atoms with E-state index in [2.05, 4.69) is 21.0 Å². The number of halogens is 4. The highest BCUT2D eigenvalue weighted by Crippen LogP contribution is 2.52. The van der Waals surface area contributed by atoms with Crippen LogP contribution in [0.1, 0.15) is 72.9 Å². The predicted octanol–water partition coefficient (Wildman–Crippen LogP) is 7.41. The van der Waals surface area contributed by atoms with Gasteiger partial charge in [-0.1, -0.05) is 61.0 Å². The zero-order valence-electron chi connectivity index (χ0n) is 18.9. The first-order valence-corrected chi connectivity index (χ1v) is 11.6. The third-order valence-electron chi connectivity index (χ3n) is 5.95. The second-order valence-electron chi connectivity index (χ2n) is 9.35. The Labute approximate surface area is 203 Å². The molecule has 0 amide bonds. The van der Waals surface area contributed by atoms with Crippen molar-refractivity contribution >= 4 is 21.9 Å². The first-order valence-electron chi connectivity index (χ1n) is 10.9. The molecular formula is C25H24BrF3N2O3. The Balaban J connectivity index is 1.82. The predicted molar refractivity (Wildman–Crippen MR) is 123 cm³/mol. The summed E-state index contributed by atoms with van der Waals surface area (Å²) in [6.07, 6.45) is -4.78. The summed E-state index contributed by atoms with van der Waals surface area (Å²) >= 11 is 3.37. The van der Waals surface area contributed by atoms with Crippen molar-refractivity contribution in [1.29, 1.82) is 0 Å². The quantitative estimate of drug-likeness (QED) is 0.257. The fraction of sp³-hybridized carbons (Fsp3) is 0.360. The largest absolute Gasteiger partial charge is 0.435 e. The molecule has 0 fully saturated rings. The average molecular weight is 537 g/mol. The minimum Gasteiger partial charge on any atom is -0.292 e. The fourth-order valence-electron chi connectivity index (χ4n) is 4.39. The number of hydrogen-bond donors (Lipinski definition) is 0. The van der Waals surface area contributed by atoms with Gasteiger partial charge in [0.15, 0.2) is 5.69 Å². The van der Waals surface area contributed by atoms with E-state index < -0.39 is 35.3 Å². The van der Waals surface area contributed by atoms with Crippen LogP contribution >= 0.6 is 15.9 Å². The smallest absolute Gasteiger partial charge is 0.292 e. The lowest BCUT2D eigenvalue weighted by atomic mass is 9.69. The highest BCUT2D eigenvalue weighted by molar-refractivity contribution is 9.10. The number of rotatable bonds is 4. The minimum absolute atomic E-state index is 0.0898. The second kappa shape index (κ2) is 9.19. The van der Waals surface area contributed by atoms with Crippen molar-refractivity contribution in [3.63, 3.8) is 0 Å². The number of carbonyl (C=O) groups excluding carboxylic acids is 1. The Bertz CT molecular complexity index is 1190. The molecule has 1 aliphatic rings. The molecular weight excluding hydrogens is 513 g/mol. The van der Waals surface area contributed by atoms with Crippen molar-refractivity contribution < 1.29 is 27.7 Å². The maximum absolute atomic E-state index is 14.2. The van der Waals surface area contributed by atoms with E-state index in [9.17, 15) is 18.0 Å². The highest BCUT2D eigenvalue weighted by Gasteiger charge is 2.48. The van der Waals surface area contributed by atoms with Gasteiger partial charge in [-0.2, -0.15) is 23.2 Å². The van der Waals surface area contributed by atoms with Crippen molar-refractivity contribution in [2.75, 3.05) is 0 Å². The highest BCUT2D eigenvalue weighted by atomic mass is 79.9. The van der Waals surface area contributed by atoms with Crippen molar-refractivity contribution in [1.82, 2.24) is 9.78 Å². The summed E-state index contributed by atoms with van der Waals surface area (Å²) in [5.74, 6) is -1.13. The van der Waals surface area contributed by atoms with E-state index in [4.69, 9.17) is 9.78 Å². The van der Waals surface area contributed by atoms with Crippen molar-refractivity contribution in [2.24, 2.45) is 5.41 Å². The van der Waals surface area contributed by atoms with Crippen LogP contribution in [0.15, 0.2) is 59.1 Å². The molecule has 0 saturated heterocycles. The summed E-state index contributed by atoms with van der Waals surface area (Å²) in [6.45, 7) is 5.73. The molecule has 5 nitrogen and oxygen atoms in total. The number of hydrogen-bond acceptors (Lipinski definition) is 4. The van der Waals surface area contributed by atoms with Crippen LogP contribution in [0.5, 0.6) is 0 Å². The number of nitrogens with zero attached hydrogens (tertiary/aromatic N) is 2. The average Bonchev–Trinajstić information content (AvgIpc) is 3.18. The lowest BCUT2D eigenvalue weighted by Crippen LogP contribution is -2.28. The summed E-state index contributed by atoms with van der Waals surface area (Å²) in [5, 5.41) is 4.02. The maximum Gasteiger partial charge on any atom is 0.435 e. The Kier molecular flexibility index (Phi) is 6.61. The molecule has 0 aliphatic heterocycles. The van der Waals surface area contributed by atoms with Crippen molar-refractivity contribution in [3.05, 3.63) is 81.6 Å². The number of aromatic nitrogens is 2. The van der Waals surface area contributed by atoms with Crippen LogP contribution in [0.2, 0.25) is 0 Å².